The van der Waals surface area contributed by atoms with Gasteiger partial charge in [-0.25, -0.2) is 0 Å². The Labute approximate surface area is 117 Å². The van der Waals surface area contributed by atoms with Gasteiger partial charge in [-0.15, -0.1) is 0 Å². The van der Waals surface area contributed by atoms with Crippen molar-refractivity contribution in [1.82, 2.24) is 0 Å². The van der Waals surface area contributed by atoms with E-state index in [2.05, 4.69) is 83.1 Å². The van der Waals surface area contributed by atoms with Gasteiger partial charge in [-0.05, 0) is 0 Å². The Kier molecular flexibility index (Phi) is 15.2. The Bertz CT molecular complexity index is 80.5. The molecule has 0 fully saturated rings. The predicted molar refractivity (Wildman–Crippen MR) is 80.2 cm³/mol. The van der Waals surface area contributed by atoms with Crippen molar-refractivity contribution in [2.75, 3.05) is 0 Å². The topological polar surface area (TPSA) is 0 Å². The molecule has 0 atom stereocenters. The smallest absolute Gasteiger partial charge is 0.338 e. The van der Waals surface area contributed by atoms with Gasteiger partial charge in [0.05, 0.1) is 0 Å². The SMILES string of the molecule is [Al+3].[CH2-]C(C)(C)C.[CH2-]C(C)(C)C.[CH2-]C(C)(C)C. The molecule has 1 heteroatoms. The third kappa shape index (κ3) is 9390. The van der Waals surface area contributed by atoms with Gasteiger partial charge in [0.15, 0.2) is 0 Å². The zero-order chi connectivity index (χ0) is 13.5. The summed E-state index contributed by atoms with van der Waals surface area (Å²) in [4.78, 5) is 0. The predicted octanol–water partition coefficient (Wildman–Crippen LogP) is 5.22. The molecule has 0 saturated heterocycles. The molecular weight excluding hydrogens is 207 g/mol. The Morgan fingerprint density at radius 3 is 0.438 bits per heavy atom. The van der Waals surface area contributed by atoms with Crippen molar-refractivity contribution >= 4 is 17.4 Å². The van der Waals surface area contributed by atoms with Gasteiger partial charge >= 0.3 is 17.4 Å². The zero-order valence-electron chi connectivity index (χ0n) is 13.2. The van der Waals surface area contributed by atoms with Gasteiger partial charge in [-0.2, -0.15) is 16.2 Å². The molecule has 0 aromatic carbocycles. The molecule has 0 heterocycles. The molecule has 0 aromatic heterocycles. The van der Waals surface area contributed by atoms with Crippen molar-refractivity contribution in [2.45, 2.75) is 62.3 Å². The molecule has 0 rings (SSSR count). The Morgan fingerprint density at radius 1 is 0.438 bits per heavy atom. The van der Waals surface area contributed by atoms with Crippen molar-refractivity contribution in [3.8, 4) is 0 Å². The number of rotatable bonds is 0. The van der Waals surface area contributed by atoms with E-state index in [1.807, 2.05) is 0 Å². The van der Waals surface area contributed by atoms with Gasteiger partial charge in [0.25, 0.3) is 0 Å². The maximum absolute atomic E-state index is 3.77. The fraction of sp³-hybridized carbons (Fsp3) is 0.800. The molecule has 0 bridgehead atoms. The first kappa shape index (κ1) is 25.4. The first-order chi connectivity index (χ1) is 6.00. The minimum absolute atomic E-state index is 0. The summed E-state index contributed by atoms with van der Waals surface area (Å²) in [5.74, 6) is 0. The summed E-state index contributed by atoms with van der Waals surface area (Å²) in [7, 11) is 0. The summed E-state index contributed by atoms with van der Waals surface area (Å²) in [6.45, 7) is 30.0. The van der Waals surface area contributed by atoms with Crippen molar-refractivity contribution in [2.24, 2.45) is 16.2 Å². The third-order valence-electron chi connectivity index (χ3n) is 0. The standard InChI is InChI=1S/3C5H11.Al/c3*1-5(2,3)4;/h3*1H2,2-4H3;/q3*-1;+3. The van der Waals surface area contributed by atoms with Gasteiger partial charge in [0.1, 0.15) is 0 Å². The van der Waals surface area contributed by atoms with E-state index >= 15 is 0 Å². The van der Waals surface area contributed by atoms with Crippen molar-refractivity contribution < 1.29 is 0 Å². The zero-order valence-corrected chi connectivity index (χ0v) is 14.4. The van der Waals surface area contributed by atoms with Gasteiger partial charge in [0, 0.05) is 0 Å². The molecule has 0 aliphatic heterocycles. The summed E-state index contributed by atoms with van der Waals surface area (Å²) in [5, 5.41) is 0. The quantitative estimate of drug-likeness (QED) is 0.402. The van der Waals surface area contributed by atoms with Crippen LogP contribution >= 0.6 is 0 Å². The average Bonchev–Trinajstić information content (AvgIpc) is 1.41. The molecule has 16 heavy (non-hydrogen) atoms. The molecule has 0 spiro atoms. The van der Waals surface area contributed by atoms with Crippen LogP contribution in [0.3, 0.4) is 0 Å². The monoisotopic (exact) mass is 240 g/mol. The summed E-state index contributed by atoms with van der Waals surface area (Å²) < 4.78 is 0. The van der Waals surface area contributed by atoms with E-state index in [4.69, 9.17) is 0 Å². The molecule has 96 valence electrons. The van der Waals surface area contributed by atoms with Crippen LogP contribution in [-0.4, -0.2) is 17.4 Å². The molecule has 0 aliphatic rings. The molecule has 0 saturated carbocycles. The molecule has 0 aromatic rings. The van der Waals surface area contributed by atoms with Crippen molar-refractivity contribution in [3.63, 3.8) is 0 Å². The first-order valence-electron chi connectivity index (χ1n) is 5.56. The van der Waals surface area contributed by atoms with E-state index in [9.17, 15) is 0 Å². The molecule has 0 amide bonds. The first-order valence-corrected chi connectivity index (χ1v) is 5.56. The van der Waals surface area contributed by atoms with Gasteiger partial charge in [-0.3, -0.25) is 0 Å². The van der Waals surface area contributed by atoms with E-state index in [-0.39, 0.29) is 33.6 Å². The Morgan fingerprint density at radius 2 is 0.438 bits per heavy atom. The van der Waals surface area contributed by atoms with Crippen molar-refractivity contribution in [1.29, 1.82) is 0 Å². The van der Waals surface area contributed by atoms with Crippen LogP contribution in [-0.2, 0) is 0 Å². The van der Waals surface area contributed by atoms with Crippen LogP contribution in [0.2, 0.25) is 0 Å². The van der Waals surface area contributed by atoms with E-state index in [1.165, 1.54) is 0 Å². The fourth-order valence-electron chi connectivity index (χ4n) is 0. The van der Waals surface area contributed by atoms with E-state index in [1.54, 1.807) is 0 Å². The largest absolute Gasteiger partial charge is 3.00 e. The maximum Gasteiger partial charge on any atom is 3.00 e. The van der Waals surface area contributed by atoms with Gasteiger partial charge < -0.3 is 20.8 Å². The molecule has 0 N–H and O–H groups in total. The molecule has 0 radical (unpaired) electrons. The van der Waals surface area contributed by atoms with Crippen LogP contribution in [0.4, 0.5) is 0 Å². The normalized spacial score (nSPS) is 11.2. The summed E-state index contributed by atoms with van der Waals surface area (Å²) in [5.41, 5.74) is 0.750. The second-order valence-corrected chi connectivity index (χ2v) is 7.68. The van der Waals surface area contributed by atoms with Crippen molar-refractivity contribution in [3.05, 3.63) is 20.8 Å². The van der Waals surface area contributed by atoms with Gasteiger partial charge in [-0.1, -0.05) is 62.3 Å². The summed E-state index contributed by atoms with van der Waals surface area (Å²) >= 11 is 0. The summed E-state index contributed by atoms with van der Waals surface area (Å²) in [6.07, 6.45) is 0. The Hall–Kier alpha value is 0.532. The van der Waals surface area contributed by atoms with Crippen LogP contribution in [0.15, 0.2) is 0 Å². The fourth-order valence-corrected chi connectivity index (χ4v) is 0. The minimum Gasteiger partial charge on any atom is -0.338 e. The van der Waals surface area contributed by atoms with Crippen LogP contribution < -0.4 is 0 Å². The number of hydrogen-bond donors (Lipinski definition) is 0. The van der Waals surface area contributed by atoms with Crippen LogP contribution in [0.5, 0.6) is 0 Å². The average molecular weight is 240 g/mol. The van der Waals surface area contributed by atoms with E-state index < -0.39 is 0 Å². The molecule has 0 nitrogen and oxygen atoms in total. The molecular formula is C15H33Al. The van der Waals surface area contributed by atoms with E-state index in [0.717, 1.165) is 0 Å². The van der Waals surface area contributed by atoms with Crippen LogP contribution in [0.1, 0.15) is 62.3 Å². The minimum atomic E-state index is 0. The number of hydrogen-bond acceptors (Lipinski definition) is 0. The third-order valence-corrected chi connectivity index (χ3v) is 0. The van der Waals surface area contributed by atoms with Crippen LogP contribution in [0, 0.1) is 37.0 Å². The van der Waals surface area contributed by atoms with Crippen LogP contribution in [0.25, 0.3) is 0 Å². The summed E-state index contributed by atoms with van der Waals surface area (Å²) in [6, 6.07) is 0. The van der Waals surface area contributed by atoms with E-state index in [0.29, 0.717) is 0 Å². The van der Waals surface area contributed by atoms with Gasteiger partial charge in [0.2, 0.25) is 0 Å². The molecule has 0 unspecified atom stereocenters. The second-order valence-electron chi connectivity index (χ2n) is 7.68. The Balaban J connectivity index is -0.0000000655. The maximum atomic E-state index is 3.77. The second kappa shape index (κ2) is 9.55. The molecule has 0 aliphatic carbocycles.